The van der Waals surface area contributed by atoms with Crippen LogP contribution in [0.25, 0.3) is 0 Å². The average Bonchev–Trinajstić information content (AvgIpc) is 3.43. The largest absolute Gasteiger partial charge is 0.378 e. The second-order valence-corrected chi connectivity index (χ2v) is 7.10. The van der Waals surface area contributed by atoms with Gasteiger partial charge in [0, 0.05) is 32.4 Å². The maximum absolute atomic E-state index is 13.0. The molecule has 0 N–H and O–H groups in total. The molecule has 8 heteroatoms. The van der Waals surface area contributed by atoms with Crippen LogP contribution >= 0.6 is 0 Å². The molecule has 2 fully saturated rings. The molecule has 2 aromatic rings. The fraction of sp³-hybridized carbons (Fsp3) is 0.500. The molecule has 0 radical (unpaired) electrons. The topological polar surface area (TPSA) is 80.6 Å². The lowest BCUT2D eigenvalue weighted by atomic mass is 10.1. The van der Waals surface area contributed by atoms with Crippen LogP contribution in [0.3, 0.4) is 0 Å². The second-order valence-electron chi connectivity index (χ2n) is 7.10. The fourth-order valence-electron chi connectivity index (χ4n) is 3.89. The number of pyridine rings is 1. The van der Waals surface area contributed by atoms with Crippen molar-refractivity contribution in [2.45, 2.75) is 32.4 Å². The molecular formula is C20H25N5O3. The Morgan fingerprint density at radius 2 is 1.96 bits per heavy atom. The minimum absolute atomic E-state index is 0.0166. The highest BCUT2D eigenvalue weighted by Gasteiger charge is 2.33. The number of aryl methyl sites for hydroxylation is 1. The van der Waals surface area contributed by atoms with Crippen LogP contribution in [-0.2, 0) is 11.3 Å². The van der Waals surface area contributed by atoms with Crippen LogP contribution in [-0.4, -0.2) is 69.0 Å². The van der Waals surface area contributed by atoms with Crippen molar-refractivity contribution >= 4 is 11.8 Å². The van der Waals surface area contributed by atoms with E-state index in [2.05, 4.69) is 9.97 Å². The first-order valence-corrected chi connectivity index (χ1v) is 9.83. The molecule has 0 aromatic carbocycles. The van der Waals surface area contributed by atoms with E-state index in [9.17, 15) is 9.59 Å². The number of morpholine rings is 1. The summed E-state index contributed by atoms with van der Waals surface area (Å²) in [5.74, 6) is -0.0364. The number of imidazole rings is 1. The molecule has 1 atom stereocenters. The Hall–Kier alpha value is -2.74. The van der Waals surface area contributed by atoms with Gasteiger partial charge in [-0.2, -0.15) is 0 Å². The van der Waals surface area contributed by atoms with Gasteiger partial charge in [0.1, 0.15) is 5.69 Å². The second kappa shape index (κ2) is 8.10. The van der Waals surface area contributed by atoms with E-state index >= 15 is 0 Å². The van der Waals surface area contributed by atoms with E-state index in [0.717, 1.165) is 18.5 Å². The number of nitrogens with zero attached hydrogens (tertiary/aromatic N) is 5. The minimum Gasteiger partial charge on any atom is -0.378 e. The molecule has 4 rings (SSSR count). The van der Waals surface area contributed by atoms with E-state index < -0.39 is 0 Å². The molecule has 2 aliphatic rings. The summed E-state index contributed by atoms with van der Waals surface area (Å²) in [6.07, 6.45) is 6.74. The van der Waals surface area contributed by atoms with Gasteiger partial charge in [0.2, 0.25) is 0 Å². The van der Waals surface area contributed by atoms with Gasteiger partial charge in [-0.15, -0.1) is 0 Å². The van der Waals surface area contributed by atoms with Crippen LogP contribution in [0, 0.1) is 0 Å². The smallest absolute Gasteiger partial charge is 0.272 e. The zero-order valence-electron chi connectivity index (χ0n) is 16.1. The van der Waals surface area contributed by atoms with Gasteiger partial charge in [-0.3, -0.25) is 14.6 Å². The van der Waals surface area contributed by atoms with Crippen molar-refractivity contribution in [3.8, 4) is 0 Å². The third-order valence-electron chi connectivity index (χ3n) is 5.46. The molecule has 0 bridgehead atoms. The number of likely N-dealkylation sites (tertiary alicyclic amines) is 1. The molecular weight excluding hydrogens is 358 g/mol. The van der Waals surface area contributed by atoms with Gasteiger partial charge >= 0.3 is 0 Å². The van der Waals surface area contributed by atoms with E-state index in [1.54, 1.807) is 23.6 Å². The van der Waals surface area contributed by atoms with Crippen LogP contribution in [0.1, 0.15) is 52.3 Å². The average molecular weight is 383 g/mol. The van der Waals surface area contributed by atoms with Crippen molar-refractivity contribution in [2.24, 2.45) is 0 Å². The first-order chi connectivity index (χ1) is 13.7. The Kier molecular flexibility index (Phi) is 5.38. The van der Waals surface area contributed by atoms with Gasteiger partial charge in [0.05, 0.1) is 43.0 Å². The molecule has 8 nitrogen and oxygen atoms in total. The van der Waals surface area contributed by atoms with E-state index in [0.29, 0.717) is 50.7 Å². The Bertz CT molecular complexity index is 842. The highest BCUT2D eigenvalue weighted by atomic mass is 16.5. The molecule has 2 aliphatic heterocycles. The number of hydrogen-bond acceptors (Lipinski definition) is 5. The van der Waals surface area contributed by atoms with Crippen molar-refractivity contribution in [2.75, 3.05) is 32.8 Å². The van der Waals surface area contributed by atoms with Crippen molar-refractivity contribution < 1.29 is 14.3 Å². The number of amides is 2. The Labute approximate surface area is 164 Å². The number of carbonyl (C=O) groups is 2. The van der Waals surface area contributed by atoms with Gasteiger partial charge in [-0.05, 0) is 31.9 Å². The molecule has 0 aliphatic carbocycles. The van der Waals surface area contributed by atoms with Crippen LogP contribution in [0.4, 0.5) is 0 Å². The predicted molar refractivity (Wildman–Crippen MR) is 102 cm³/mol. The standard InChI is InChI=1S/C20H25N5O3/c1-2-23-14-21-13-18(23)20(27)25-7-3-4-17(25)16-6-5-15(12-22-16)19(26)24-8-10-28-11-9-24/h5-6,12-14,17H,2-4,7-11H2,1H3/t17-/m0/s1. The number of aromatic nitrogens is 3. The third-order valence-corrected chi connectivity index (χ3v) is 5.46. The summed E-state index contributed by atoms with van der Waals surface area (Å²) in [5, 5.41) is 0. The maximum Gasteiger partial charge on any atom is 0.272 e. The highest BCUT2D eigenvalue weighted by Crippen LogP contribution is 2.32. The molecule has 2 saturated heterocycles. The third kappa shape index (κ3) is 3.52. The first kappa shape index (κ1) is 18.6. The number of ether oxygens (including phenoxy) is 1. The normalized spacial score (nSPS) is 19.8. The van der Waals surface area contributed by atoms with Crippen molar-refractivity contribution in [3.05, 3.63) is 47.8 Å². The number of carbonyl (C=O) groups excluding carboxylic acids is 2. The predicted octanol–water partition coefficient (Wildman–Crippen LogP) is 1.75. The van der Waals surface area contributed by atoms with Crippen LogP contribution < -0.4 is 0 Å². The Morgan fingerprint density at radius 3 is 2.68 bits per heavy atom. The fourth-order valence-corrected chi connectivity index (χ4v) is 3.89. The number of hydrogen-bond donors (Lipinski definition) is 0. The summed E-state index contributed by atoms with van der Waals surface area (Å²) in [5.41, 5.74) is 2.01. The highest BCUT2D eigenvalue weighted by molar-refractivity contribution is 5.94. The van der Waals surface area contributed by atoms with E-state index in [1.165, 1.54) is 0 Å². The van der Waals surface area contributed by atoms with Crippen molar-refractivity contribution in [1.29, 1.82) is 0 Å². The van der Waals surface area contributed by atoms with E-state index in [1.807, 2.05) is 28.5 Å². The summed E-state index contributed by atoms with van der Waals surface area (Å²) >= 11 is 0. The summed E-state index contributed by atoms with van der Waals surface area (Å²) in [6.45, 7) is 5.76. The Morgan fingerprint density at radius 1 is 1.14 bits per heavy atom. The first-order valence-electron chi connectivity index (χ1n) is 9.83. The molecule has 2 amide bonds. The molecule has 0 spiro atoms. The van der Waals surface area contributed by atoms with Crippen molar-refractivity contribution in [1.82, 2.24) is 24.3 Å². The zero-order valence-corrected chi connectivity index (χ0v) is 16.1. The van der Waals surface area contributed by atoms with Crippen molar-refractivity contribution in [3.63, 3.8) is 0 Å². The maximum atomic E-state index is 13.0. The molecule has 28 heavy (non-hydrogen) atoms. The molecule has 0 unspecified atom stereocenters. The number of rotatable bonds is 4. The lowest BCUT2D eigenvalue weighted by molar-refractivity contribution is 0.0302. The quantitative estimate of drug-likeness (QED) is 0.804. The van der Waals surface area contributed by atoms with Gasteiger partial charge in [0.15, 0.2) is 0 Å². The summed E-state index contributed by atoms with van der Waals surface area (Å²) < 4.78 is 7.16. The zero-order chi connectivity index (χ0) is 19.5. The molecule has 2 aromatic heterocycles. The van der Waals surface area contributed by atoms with Gasteiger partial charge < -0.3 is 19.1 Å². The minimum atomic E-state index is -0.0692. The SMILES string of the molecule is CCn1cncc1C(=O)N1CCC[C@H]1c1ccc(C(=O)N2CCOCC2)cn1. The molecule has 148 valence electrons. The lowest BCUT2D eigenvalue weighted by Gasteiger charge is -2.27. The molecule has 4 heterocycles. The van der Waals surface area contributed by atoms with Gasteiger partial charge in [0.25, 0.3) is 11.8 Å². The summed E-state index contributed by atoms with van der Waals surface area (Å²) in [6, 6.07) is 3.62. The molecule has 0 saturated carbocycles. The van der Waals surface area contributed by atoms with E-state index in [4.69, 9.17) is 4.74 Å². The van der Waals surface area contributed by atoms with Gasteiger partial charge in [-0.1, -0.05) is 0 Å². The summed E-state index contributed by atoms with van der Waals surface area (Å²) in [7, 11) is 0. The summed E-state index contributed by atoms with van der Waals surface area (Å²) in [4.78, 5) is 37.9. The van der Waals surface area contributed by atoms with Crippen LogP contribution in [0.5, 0.6) is 0 Å². The monoisotopic (exact) mass is 383 g/mol. The lowest BCUT2D eigenvalue weighted by Crippen LogP contribution is -2.40. The van der Waals surface area contributed by atoms with Gasteiger partial charge in [-0.25, -0.2) is 4.98 Å². The Balaban J connectivity index is 1.50. The van der Waals surface area contributed by atoms with Crippen LogP contribution in [0.2, 0.25) is 0 Å². The van der Waals surface area contributed by atoms with E-state index in [-0.39, 0.29) is 17.9 Å². The van der Waals surface area contributed by atoms with Crippen LogP contribution in [0.15, 0.2) is 30.9 Å².